The Kier molecular flexibility index (Phi) is 7.09. The Morgan fingerprint density at radius 2 is 1.73 bits per heavy atom. The van der Waals surface area contributed by atoms with Gasteiger partial charge in [0, 0.05) is 18.3 Å². The normalized spacial score (nSPS) is 30.3. The molecule has 4 rings (SSSR count). The molecule has 1 aromatic rings. The van der Waals surface area contributed by atoms with Crippen LogP contribution in [-0.4, -0.2) is 68.6 Å². The fourth-order valence-electron chi connectivity index (χ4n) is 5.27. The van der Waals surface area contributed by atoms with E-state index in [2.05, 4.69) is 0 Å². The van der Waals surface area contributed by atoms with Gasteiger partial charge in [-0.1, -0.05) is 18.2 Å². The van der Waals surface area contributed by atoms with Crippen molar-refractivity contribution in [3.63, 3.8) is 0 Å². The van der Waals surface area contributed by atoms with E-state index in [0.29, 0.717) is 0 Å². The Hall–Kier alpha value is -2.30. The fourth-order valence-corrected chi connectivity index (χ4v) is 7.81. The highest BCUT2D eigenvalue weighted by molar-refractivity contribution is 7.87. The number of alkyl halides is 4. The van der Waals surface area contributed by atoms with E-state index in [1.165, 1.54) is 12.1 Å². The smallest absolute Gasteiger partial charge is 0.431 e. The summed E-state index contributed by atoms with van der Waals surface area (Å²) in [5.41, 5.74) is 0.207. The van der Waals surface area contributed by atoms with Gasteiger partial charge in [0.2, 0.25) is 0 Å². The fraction of sp³-hybridized carbons (Fsp3) is 0.619. The van der Waals surface area contributed by atoms with E-state index in [4.69, 9.17) is 18.2 Å². The van der Waals surface area contributed by atoms with E-state index in [0.717, 1.165) is 0 Å². The molecule has 2 bridgehead atoms. The van der Waals surface area contributed by atoms with Crippen molar-refractivity contribution in [1.82, 2.24) is 0 Å². The van der Waals surface area contributed by atoms with Gasteiger partial charge in [-0.25, -0.2) is 4.79 Å². The molecule has 1 aromatic carbocycles. The van der Waals surface area contributed by atoms with Gasteiger partial charge in [-0.15, -0.1) is 0 Å². The maximum Gasteiger partial charge on any atom is 0.431 e. The van der Waals surface area contributed by atoms with Crippen LogP contribution in [0.4, 0.5) is 17.6 Å². The summed E-state index contributed by atoms with van der Waals surface area (Å²) in [7, 11) is -10.6. The molecule has 0 aromatic heterocycles. The maximum atomic E-state index is 13.6. The Morgan fingerprint density at radius 3 is 2.35 bits per heavy atom. The second-order valence-electron chi connectivity index (χ2n) is 9.16. The molecule has 2 saturated carbocycles. The van der Waals surface area contributed by atoms with Crippen LogP contribution in [-0.2, 0) is 38.7 Å². The van der Waals surface area contributed by atoms with Crippen LogP contribution in [0.2, 0.25) is 0 Å². The number of carbonyl (C=O) groups excluding carboxylic acids is 2. The van der Waals surface area contributed by atoms with Crippen molar-refractivity contribution in [3.8, 4) is 0 Å². The van der Waals surface area contributed by atoms with Gasteiger partial charge in [0.25, 0.3) is 10.1 Å². The largest absolute Gasteiger partial charge is 0.465 e. The molecule has 206 valence electrons. The minimum absolute atomic E-state index is 0.206. The van der Waals surface area contributed by atoms with Crippen molar-refractivity contribution in [3.05, 3.63) is 35.9 Å². The van der Waals surface area contributed by atoms with Gasteiger partial charge in [-0.3, -0.25) is 13.5 Å². The number of hydrogen-bond donors (Lipinski definition) is 1. The Labute approximate surface area is 209 Å². The van der Waals surface area contributed by atoms with Crippen LogP contribution in [0.5, 0.6) is 0 Å². The third-order valence-electron chi connectivity index (χ3n) is 6.93. The second-order valence-corrected chi connectivity index (χ2v) is 12.3. The van der Waals surface area contributed by atoms with Crippen LogP contribution < -0.4 is 0 Å². The van der Waals surface area contributed by atoms with Gasteiger partial charge in [0.05, 0.1) is 18.1 Å². The topological polar surface area (TPSA) is 150 Å². The number of esters is 2. The number of halogens is 4. The van der Waals surface area contributed by atoms with E-state index in [9.17, 15) is 44.0 Å². The summed E-state index contributed by atoms with van der Waals surface area (Å²) in [6.45, 7) is -0.550. The zero-order chi connectivity index (χ0) is 27.4. The molecule has 1 N–H and O–H groups in total. The number of unbranched alkanes of at least 4 members (excludes halogenated alkanes) is 1. The Bertz CT molecular complexity index is 1270. The van der Waals surface area contributed by atoms with Gasteiger partial charge < -0.3 is 9.47 Å². The summed E-state index contributed by atoms with van der Waals surface area (Å²) in [4.78, 5) is 25.3. The van der Waals surface area contributed by atoms with Crippen LogP contribution >= 0.6 is 0 Å². The van der Waals surface area contributed by atoms with Crippen molar-refractivity contribution in [2.24, 2.45) is 17.8 Å². The summed E-state index contributed by atoms with van der Waals surface area (Å²) >= 11 is 0. The molecule has 0 amide bonds. The molecule has 6 atom stereocenters. The molecule has 3 aliphatic rings. The van der Waals surface area contributed by atoms with Gasteiger partial charge >= 0.3 is 33.2 Å². The van der Waals surface area contributed by atoms with E-state index >= 15 is 0 Å². The third-order valence-corrected chi connectivity index (χ3v) is 9.68. The molecule has 1 aliphatic heterocycles. The maximum absolute atomic E-state index is 13.6. The van der Waals surface area contributed by atoms with Crippen molar-refractivity contribution < 1.29 is 62.2 Å². The minimum atomic E-state index is -6.35. The minimum Gasteiger partial charge on any atom is -0.465 e. The molecule has 1 saturated heterocycles. The lowest BCUT2D eigenvalue weighted by Crippen LogP contribution is -2.46. The number of carbonyl (C=O) groups is 2. The van der Waals surface area contributed by atoms with Gasteiger partial charge in [-0.2, -0.15) is 34.4 Å². The van der Waals surface area contributed by atoms with Gasteiger partial charge in [-0.05, 0) is 31.4 Å². The van der Waals surface area contributed by atoms with E-state index < -0.39 is 98.0 Å². The Balaban J connectivity index is 1.37. The average molecular weight is 575 g/mol. The average Bonchev–Trinajstić information content (AvgIpc) is 3.41. The summed E-state index contributed by atoms with van der Waals surface area (Å²) in [5.74, 6) is -9.43. The predicted molar refractivity (Wildman–Crippen MR) is 115 cm³/mol. The number of rotatable bonds is 10. The lowest BCUT2D eigenvalue weighted by Gasteiger charge is -2.30. The first kappa shape index (κ1) is 27.7. The monoisotopic (exact) mass is 574 g/mol. The number of ether oxygens (including phenoxy) is 2. The first-order valence-electron chi connectivity index (χ1n) is 11.2. The molecule has 6 unspecified atom stereocenters. The molecular weight excluding hydrogens is 552 g/mol. The van der Waals surface area contributed by atoms with Crippen molar-refractivity contribution >= 4 is 32.2 Å². The second kappa shape index (κ2) is 9.47. The molecule has 0 spiro atoms. The zero-order valence-electron chi connectivity index (χ0n) is 18.8. The zero-order valence-corrected chi connectivity index (χ0v) is 20.5. The van der Waals surface area contributed by atoms with Crippen LogP contribution in [0.25, 0.3) is 0 Å². The predicted octanol–water partition coefficient (Wildman–Crippen LogP) is 2.40. The van der Waals surface area contributed by atoms with Crippen molar-refractivity contribution in [1.29, 1.82) is 0 Å². The number of hydrogen-bond acceptors (Lipinski definition) is 9. The summed E-state index contributed by atoms with van der Waals surface area (Å²) in [6.07, 6.45) is -4.51. The first-order valence-corrected chi connectivity index (χ1v) is 14.1. The lowest BCUT2D eigenvalue weighted by molar-refractivity contribution is -0.165. The molecule has 16 heteroatoms. The summed E-state index contributed by atoms with van der Waals surface area (Å²) < 4.78 is 124. The van der Waals surface area contributed by atoms with Crippen molar-refractivity contribution in [2.45, 2.75) is 54.3 Å². The summed E-state index contributed by atoms with van der Waals surface area (Å²) in [6, 6.07) is 7.87. The number of fused-ring (bicyclic) bond motifs is 1. The standard InChI is InChI=1S/C21H22F4O10S2/c22-20(23,21(24,25)37(30,31)32)8-4-5-9-33-19(27)14-12-10-13-16(35-36(28,29)17(13)14)15(12)34-18(26)11-6-2-1-3-7-11/h1-3,6-7,12-17H,4-5,8-10H2,(H,30,31,32). The molecule has 10 nitrogen and oxygen atoms in total. The first-order chi connectivity index (χ1) is 17.1. The number of benzene rings is 1. The molecule has 37 heavy (non-hydrogen) atoms. The third kappa shape index (κ3) is 4.83. The van der Waals surface area contributed by atoms with Crippen LogP contribution in [0, 0.1) is 17.8 Å². The highest BCUT2D eigenvalue weighted by atomic mass is 32.2. The quantitative estimate of drug-likeness (QED) is 0.145. The van der Waals surface area contributed by atoms with Crippen LogP contribution in [0.3, 0.4) is 0 Å². The Morgan fingerprint density at radius 1 is 1.08 bits per heavy atom. The van der Waals surface area contributed by atoms with Gasteiger partial charge in [0.1, 0.15) is 17.5 Å². The van der Waals surface area contributed by atoms with Crippen LogP contribution in [0.15, 0.2) is 30.3 Å². The van der Waals surface area contributed by atoms with Gasteiger partial charge in [0.15, 0.2) is 0 Å². The highest BCUT2D eigenvalue weighted by Crippen LogP contribution is 2.58. The van der Waals surface area contributed by atoms with E-state index in [-0.39, 0.29) is 18.4 Å². The van der Waals surface area contributed by atoms with Crippen molar-refractivity contribution in [2.75, 3.05) is 6.61 Å². The molecular formula is C21H22F4O10S2. The lowest BCUT2D eigenvalue weighted by atomic mass is 9.84. The van der Waals surface area contributed by atoms with E-state index in [1.54, 1.807) is 18.2 Å². The van der Waals surface area contributed by atoms with E-state index in [1.807, 2.05) is 0 Å². The highest BCUT2D eigenvalue weighted by Gasteiger charge is 2.72. The SMILES string of the molecule is O=C(OC1C2CC3C1OS(=O)(=O)C3C2C(=O)OCCCCC(F)(F)C(F)(F)S(=O)(=O)O)c1ccccc1. The molecule has 1 heterocycles. The molecule has 3 fully saturated rings. The van der Waals surface area contributed by atoms with Crippen LogP contribution in [0.1, 0.15) is 36.0 Å². The molecule has 2 aliphatic carbocycles. The molecule has 0 radical (unpaired) electrons. The summed E-state index contributed by atoms with van der Waals surface area (Å²) in [5, 5.41) is -6.93.